The largest absolute Gasteiger partial charge is 0.428 e. The van der Waals surface area contributed by atoms with Crippen molar-refractivity contribution in [3.63, 3.8) is 0 Å². The summed E-state index contributed by atoms with van der Waals surface area (Å²) in [6.45, 7) is 3.71. The molecule has 3 aromatic rings. The van der Waals surface area contributed by atoms with Gasteiger partial charge in [0.15, 0.2) is 28.7 Å². The maximum absolute atomic E-state index is 12.8. The lowest BCUT2D eigenvalue weighted by Crippen LogP contribution is -2.33. The maximum atomic E-state index is 12.8. The van der Waals surface area contributed by atoms with Gasteiger partial charge in [-0.2, -0.15) is 9.78 Å². The van der Waals surface area contributed by atoms with Gasteiger partial charge in [-0.15, -0.1) is 11.3 Å². The fraction of sp³-hybridized carbons (Fsp3) is 0.188. The van der Waals surface area contributed by atoms with E-state index in [0.717, 1.165) is 0 Å². The Balaban J connectivity index is 2.24. The molecule has 0 saturated carbocycles. The zero-order chi connectivity index (χ0) is 18.1. The van der Waals surface area contributed by atoms with Gasteiger partial charge in [0.25, 0.3) is 11.5 Å². The van der Waals surface area contributed by atoms with E-state index in [1.165, 1.54) is 16.0 Å². The van der Waals surface area contributed by atoms with E-state index in [-0.39, 0.29) is 23.2 Å². The summed E-state index contributed by atoms with van der Waals surface area (Å²) >= 11 is 2.99. The van der Waals surface area contributed by atoms with Crippen LogP contribution < -0.4 is 19.7 Å². The summed E-state index contributed by atoms with van der Waals surface area (Å²) in [5.41, 5.74) is 6.29. The minimum Gasteiger partial charge on any atom is -0.428 e. The quantitative estimate of drug-likeness (QED) is 0.572. The number of amides is 1. The lowest BCUT2D eigenvalue weighted by Gasteiger charge is -2.11. The number of benzene rings is 1. The highest BCUT2D eigenvalue weighted by Gasteiger charge is 2.21. The van der Waals surface area contributed by atoms with Gasteiger partial charge < -0.3 is 14.1 Å². The van der Waals surface area contributed by atoms with Gasteiger partial charge in [0.2, 0.25) is 0 Å². The number of fused-ring (bicyclic) bond motifs is 1. The monoisotopic (exact) mass is 470 g/mol. The molecule has 2 heterocycles. The Morgan fingerprint density at radius 1 is 1.36 bits per heavy atom. The molecule has 1 aromatic carbocycles. The molecule has 130 valence electrons. The average molecular weight is 470 g/mol. The van der Waals surface area contributed by atoms with Crippen molar-refractivity contribution in [1.29, 1.82) is 0 Å². The van der Waals surface area contributed by atoms with Crippen LogP contribution in [0, 0.1) is 0 Å². The Kier molecular flexibility index (Phi) is 4.95. The first-order chi connectivity index (χ1) is 11.9. The summed E-state index contributed by atoms with van der Waals surface area (Å²) in [5, 5.41) is 9.92. The lowest BCUT2D eigenvalue weighted by molar-refractivity contribution is 0.0938. The van der Waals surface area contributed by atoms with Crippen LogP contribution in [0.4, 0.5) is 5.00 Å². The first-order valence-corrected chi connectivity index (χ1v) is 9.18. The molecule has 0 saturated heterocycles. The first kappa shape index (κ1) is 17.7. The highest BCUT2D eigenvalue weighted by atomic mass is 127. The van der Waals surface area contributed by atoms with Crippen molar-refractivity contribution in [3.05, 3.63) is 45.7 Å². The molecule has 3 rings (SSSR count). The predicted molar refractivity (Wildman–Crippen MR) is 107 cm³/mol. The third kappa shape index (κ3) is 3.33. The fourth-order valence-corrected chi connectivity index (χ4v) is 3.47. The van der Waals surface area contributed by atoms with Crippen molar-refractivity contribution in [2.24, 2.45) is 0 Å². The van der Waals surface area contributed by atoms with Crippen molar-refractivity contribution < 1.29 is 7.86 Å². The zero-order valence-corrected chi connectivity index (χ0v) is 16.4. The number of hydrogen-bond donors (Lipinski definition) is 2. The molecule has 0 bridgehead atoms. The zero-order valence-electron chi connectivity index (χ0n) is 13.4. The molecule has 2 aromatic heterocycles. The number of halogens is 1. The number of rotatable bonds is 4. The van der Waals surface area contributed by atoms with Gasteiger partial charge in [0, 0.05) is 16.8 Å². The molecule has 9 heteroatoms. The number of carbonyl (C=O) groups is 1. The summed E-state index contributed by atoms with van der Waals surface area (Å²) in [5.74, 6) is 0.296. The second kappa shape index (κ2) is 7.00. The molecule has 1 amide bonds. The molecule has 0 radical (unpaired) electrons. The van der Waals surface area contributed by atoms with Gasteiger partial charge >= 0.3 is 0 Å². The van der Waals surface area contributed by atoms with Crippen molar-refractivity contribution >= 4 is 56.0 Å². The topological polar surface area (TPSA) is 99.2 Å². The Bertz CT molecular complexity index is 995. The molecule has 0 fully saturated rings. The Morgan fingerprint density at radius 3 is 2.64 bits per heavy atom. The van der Waals surface area contributed by atoms with Crippen LogP contribution in [0.2, 0.25) is 0 Å². The number of nitrogens with one attached hydrogen (secondary N) is 1. The van der Waals surface area contributed by atoms with Crippen molar-refractivity contribution in [2.45, 2.75) is 19.9 Å². The van der Waals surface area contributed by atoms with E-state index in [4.69, 9.17) is 8.80 Å². The summed E-state index contributed by atoms with van der Waals surface area (Å²) in [6, 6.07) is 6.76. The minimum atomic E-state index is -0.363. The van der Waals surface area contributed by atoms with Crippen LogP contribution in [-0.2, 0) is 0 Å². The van der Waals surface area contributed by atoms with Gasteiger partial charge in [-0.3, -0.25) is 9.59 Å². The summed E-state index contributed by atoms with van der Waals surface area (Å²) in [6.07, 6.45) is 0. The number of anilines is 1. The van der Waals surface area contributed by atoms with Gasteiger partial charge in [-0.1, -0.05) is 0 Å². The van der Waals surface area contributed by atoms with Crippen molar-refractivity contribution in [3.8, 4) is 11.4 Å². The predicted octanol–water partition coefficient (Wildman–Crippen LogP) is 2.90. The highest BCUT2D eigenvalue weighted by Crippen LogP contribution is 2.27. The molecule has 0 unspecified atom stereocenters. The molecule has 0 spiro atoms. The van der Waals surface area contributed by atoms with Crippen LogP contribution in [0.25, 0.3) is 16.5 Å². The van der Waals surface area contributed by atoms with Gasteiger partial charge in [-0.25, -0.2) is 0 Å². The summed E-state index contributed by atoms with van der Waals surface area (Å²) < 4.78 is 6.29. The molecule has 0 aliphatic rings. The molecule has 0 aliphatic carbocycles. The molecule has 3 N–H and O–H groups in total. The van der Waals surface area contributed by atoms with Crippen LogP contribution in [-0.4, -0.2) is 21.7 Å². The summed E-state index contributed by atoms with van der Waals surface area (Å²) in [4.78, 5) is 25.4. The number of nitrogens with two attached hydrogens (primary N) is 1. The van der Waals surface area contributed by atoms with Crippen molar-refractivity contribution in [1.82, 2.24) is 15.1 Å². The van der Waals surface area contributed by atoms with Gasteiger partial charge in [0.1, 0.15) is 5.75 Å². The third-order valence-electron chi connectivity index (χ3n) is 3.49. The van der Waals surface area contributed by atoms with E-state index in [1.54, 1.807) is 52.7 Å². The standard InChI is InChI=1S/C16H15IN4O3S/c1-8(2)19-15(22)13-11-7-25-14(18)12(11)16(23)21(20-13)9-3-5-10(24-17)6-4-9/h3-8H,18H2,1-2H3,(H,19,22). The second-order valence-corrected chi connectivity index (χ2v) is 7.01. The molecular weight excluding hydrogens is 455 g/mol. The van der Waals surface area contributed by atoms with E-state index in [0.29, 0.717) is 27.2 Å². The SMILES string of the molecule is CC(C)NC(=O)c1nn(-c2ccc(OI)cc2)c(=O)c2c(N)scc12. The number of carbonyl (C=O) groups excluding carboxylic acids is 1. The Morgan fingerprint density at radius 2 is 2.04 bits per heavy atom. The maximum Gasteiger partial charge on any atom is 0.282 e. The number of aromatic nitrogens is 2. The van der Waals surface area contributed by atoms with Crippen molar-refractivity contribution in [2.75, 3.05) is 5.73 Å². The lowest BCUT2D eigenvalue weighted by atomic mass is 10.2. The number of hydrogen-bond acceptors (Lipinski definition) is 6. The Labute approximate surface area is 161 Å². The normalized spacial score (nSPS) is 11.0. The molecule has 25 heavy (non-hydrogen) atoms. The summed E-state index contributed by atoms with van der Waals surface area (Å²) in [7, 11) is 0. The smallest absolute Gasteiger partial charge is 0.282 e. The minimum absolute atomic E-state index is 0.0548. The van der Waals surface area contributed by atoms with Gasteiger partial charge in [-0.05, 0) is 38.1 Å². The molecule has 0 aliphatic heterocycles. The Hall–Kier alpha value is -2.14. The van der Waals surface area contributed by atoms with E-state index in [9.17, 15) is 9.59 Å². The fourth-order valence-electron chi connectivity index (χ4n) is 2.39. The number of nitrogen functional groups attached to an aromatic ring is 1. The molecular formula is C16H15IN4O3S. The van der Waals surface area contributed by atoms with Crippen LogP contribution in [0.15, 0.2) is 34.4 Å². The highest BCUT2D eigenvalue weighted by molar-refractivity contribution is 14.1. The third-order valence-corrected chi connectivity index (χ3v) is 4.81. The number of nitrogens with zero attached hydrogens (tertiary/aromatic N) is 2. The number of thiophene rings is 1. The van der Waals surface area contributed by atoms with Crippen LogP contribution in [0.1, 0.15) is 24.3 Å². The molecule has 7 nitrogen and oxygen atoms in total. The average Bonchev–Trinajstić information content (AvgIpc) is 2.97. The van der Waals surface area contributed by atoms with E-state index >= 15 is 0 Å². The van der Waals surface area contributed by atoms with Crippen LogP contribution >= 0.6 is 34.3 Å². The first-order valence-electron chi connectivity index (χ1n) is 7.42. The molecule has 0 atom stereocenters. The second-order valence-electron chi connectivity index (χ2n) is 5.65. The van der Waals surface area contributed by atoms with Crippen LogP contribution in [0.5, 0.6) is 5.75 Å². The van der Waals surface area contributed by atoms with Gasteiger partial charge in [0.05, 0.1) is 16.1 Å². The van der Waals surface area contributed by atoms with E-state index < -0.39 is 0 Å². The van der Waals surface area contributed by atoms with E-state index in [1.807, 2.05) is 13.8 Å². The van der Waals surface area contributed by atoms with Crippen LogP contribution in [0.3, 0.4) is 0 Å². The van der Waals surface area contributed by atoms with E-state index in [2.05, 4.69) is 10.4 Å².